The fourth-order valence-corrected chi connectivity index (χ4v) is 5.02. The minimum absolute atomic E-state index is 0.0810. The largest absolute Gasteiger partial charge is 0.573 e. The average molecular weight is 542 g/mol. The lowest BCUT2D eigenvalue weighted by Crippen LogP contribution is -2.50. The third kappa shape index (κ3) is 8.23. The van der Waals surface area contributed by atoms with Crippen molar-refractivity contribution in [3.05, 3.63) is 102 Å². The molecule has 208 valence electrons. The first-order chi connectivity index (χ1) is 18.5. The summed E-state index contributed by atoms with van der Waals surface area (Å²) in [4.78, 5) is 14.8. The molecule has 0 N–H and O–H groups in total. The number of alkyl halides is 3. The van der Waals surface area contributed by atoms with Crippen LogP contribution in [0.5, 0.6) is 5.75 Å². The normalized spacial score (nSPS) is 18.2. The molecule has 8 heteroatoms. The lowest BCUT2D eigenvalue weighted by atomic mass is 9.75. The Labute approximate surface area is 227 Å². The van der Waals surface area contributed by atoms with Crippen LogP contribution in [0.3, 0.4) is 0 Å². The van der Waals surface area contributed by atoms with Crippen molar-refractivity contribution >= 4 is 6.09 Å². The van der Waals surface area contributed by atoms with Crippen LogP contribution in [0.4, 0.5) is 18.0 Å². The van der Waals surface area contributed by atoms with Crippen LogP contribution in [0, 0.1) is 5.92 Å². The van der Waals surface area contributed by atoms with E-state index in [1.54, 1.807) is 11.0 Å². The number of nitrogens with zero attached hydrogens (tertiary/aromatic N) is 1. The van der Waals surface area contributed by atoms with Gasteiger partial charge in [0.2, 0.25) is 0 Å². The van der Waals surface area contributed by atoms with E-state index in [0.29, 0.717) is 25.1 Å². The van der Waals surface area contributed by atoms with Crippen LogP contribution >= 0.6 is 0 Å². The molecule has 1 amide bonds. The maximum atomic E-state index is 13.0. The lowest BCUT2D eigenvalue weighted by Gasteiger charge is -2.42. The van der Waals surface area contributed by atoms with Crippen LogP contribution in [0.1, 0.15) is 49.8 Å². The van der Waals surface area contributed by atoms with Gasteiger partial charge in [-0.3, -0.25) is 0 Å². The molecule has 0 unspecified atom stereocenters. The van der Waals surface area contributed by atoms with Gasteiger partial charge in [-0.05, 0) is 56.0 Å². The van der Waals surface area contributed by atoms with Crippen molar-refractivity contribution in [2.24, 2.45) is 5.92 Å². The van der Waals surface area contributed by atoms with Gasteiger partial charge in [0.1, 0.15) is 11.4 Å². The smallest absolute Gasteiger partial charge is 0.444 e. The summed E-state index contributed by atoms with van der Waals surface area (Å²) in [5, 5.41) is 0. The number of halogens is 3. The minimum Gasteiger partial charge on any atom is -0.444 e. The number of rotatable bonds is 7. The highest BCUT2D eigenvalue weighted by atomic mass is 19.4. The van der Waals surface area contributed by atoms with Crippen LogP contribution in [0.2, 0.25) is 0 Å². The molecule has 1 aliphatic rings. The molecule has 1 heterocycles. The highest BCUT2D eigenvalue weighted by molar-refractivity contribution is 5.68. The quantitative estimate of drug-likeness (QED) is 0.310. The molecule has 3 aromatic carbocycles. The van der Waals surface area contributed by atoms with E-state index in [1.807, 2.05) is 57.2 Å². The molecule has 5 nitrogen and oxygen atoms in total. The average Bonchev–Trinajstić information content (AvgIpc) is 2.87. The second-order valence-electron chi connectivity index (χ2n) is 10.7. The summed E-state index contributed by atoms with van der Waals surface area (Å²) in [5.41, 5.74) is 2.13. The molecular weight excluding hydrogens is 507 g/mol. The predicted octanol–water partition coefficient (Wildman–Crippen LogP) is 7.56. The summed E-state index contributed by atoms with van der Waals surface area (Å²) < 4.78 is 54.3. The van der Waals surface area contributed by atoms with Gasteiger partial charge in [0.15, 0.2) is 0 Å². The fourth-order valence-electron chi connectivity index (χ4n) is 5.02. The first kappa shape index (κ1) is 28.5. The van der Waals surface area contributed by atoms with Gasteiger partial charge in [0.05, 0.1) is 12.7 Å². The van der Waals surface area contributed by atoms with E-state index >= 15 is 0 Å². The number of likely N-dealkylation sites (tertiary alicyclic amines) is 1. The molecule has 39 heavy (non-hydrogen) atoms. The molecule has 1 aliphatic heterocycles. The van der Waals surface area contributed by atoms with E-state index in [0.717, 1.165) is 11.1 Å². The summed E-state index contributed by atoms with van der Waals surface area (Å²) in [6, 6.07) is 26.0. The van der Waals surface area contributed by atoms with Crippen LogP contribution in [-0.2, 0) is 16.1 Å². The van der Waals surface area contributed by atoms with E-state index in [2.05, 4.69) is 29.0 Å². The summed E-state index contributed by atoms with van der Waals surface area (Å²) in [7, 11) is 0. The Morgan fingerprint density at radius 1 is 0.923 bits per heavy atom. The zero-order valence-electron chi connectivity index (χ0n) is 22.4. The Morgan fingerprint density at radius 3 is 2.10 bits per heavy atom. The van der Waals surface area contributed by atoms with Crippen LogP contribution in [0.15, 0.2) is 84.9 Å². The molecule has 0 spiro atoms. The molecule has 1 saturated heterocycles. The SMILES string of the molecule is CC(C)(C)OC(=O)N1CC[C@@H](OCc2cccc(OC(F)(F)F)c2)[C@@H](C(c2ccccc2)c2ccccc2)C1. The van der Waals surface area contributed by atoms with E-state index in [-0.39, 0.29) is 36.4 Å². The zero-order valence-corrected chi connectivity index (χ0v) is 22.4. The zero-order chi connectivity index (χ0) is 28.0. The molecule has 0 aromatic heterocycles. The number of ether oxygens (including phenoxy) is 3. The van der Waals surface area contributed by atoms with E-state index in [1.165, 1.54) is 18.2 Å². The number of hydrogen-bond acceptors (Lipinski definition) is 4. The second-order valence-corrected chi connectivity index (χ2v) is 10.7. The standard InChI is InChI=1S/C31H34F3NO4/c1-30(2,3)39-29(36)35-18-17-27(37-21-22-11-10-16-25(19-22)38-31(32,33)34)26(20-35)28(23-12-6-4-7-13-23)24-14-8-5-9-15-24/h4-16,19,26-28H,17-18,20-21H2,1-3H3/t26-,27+/m0/s1. The van der Waals surface area contributed by atoms with Crippen LogP contribution in [-0.4, -0.2) is 42.2 Å². The molecular formula is C31H34F3NO4. The van der Waals surface area contributed by atoms with Gasteiger partial charge in [-0.2, -0.15) is 0 Å². The minimum atomic E-state index is -4.77. The van der Waals surface area contributed by atoms with E-state index in [9.17, 15) is 18.0 Å². The van der Waals surface area contributed by atoms with Crippen LogP contribution < -0.4 is 4.74 Å². The Morgan fingerprint density at radius 2 is 1.54 bits per heavy atom. The Hall–Kier alpha value is -3.52. The van der Waals surface area contributed by atoms with Gasteiger partial charge in [-0.25, -0.2) is 4.79 Å². The topological polar surface area (TPSA) is 48.0 Å². The highest BCUT2D eigenvalue weighted by Gasteiger charge is 2.40. The van der Waals surface area contributed by atoms with Crippen molar-refractivity contribution in [1.29, 1.82) is 0 Å². The molecule has 3 aromatic rings. The lowest BCUT2D eigenvalue weighted by molar-refractivity contribution is -0.274. The summed E-state index contributed by atoms with van der Waals surface area (Å²) in [6.07, 6.45) is -4.85. The summed E-state index contributed by atoms with van der Waals surface area (Å²) >= 11 is 0. The van der Waals surface area contributed by atoms with Crippen molar-refractivity contribution in [3.8, 4) is 5.75 Å². The van der Waals surface area contributed by atoms with Crippen molar-refractivity contribution in [2.45, 2.75) is 57.8 Å². The predicted molar refractivity (Wildman–Crippen MR) is 142 cm³/mol. The van der Waals surface area contributed by atoms with Crippen molar-refractivity contribution in [2.75, 3.05) is 13.1 Å². The summed E-state index contributed by atoms with van der Waals surface area (Å²) in [6.45, 7) is 6.48. The third-order valence-corrected chi connectivity index (χ3v) is 6.59. The monoisotopic (exact) mass is 541 g/mol. The first-order valence-electron chi connectivity index (χ1n) is 13.0. The number of amides is 1. The van der Waals surface area contributed by atoms with Crippen LogP contribution in [0.25, 0.3) is 0 Å². The van der Waals surface area contributed by atoms with Crippen molar-refractivity contribution in [3.63, 3.8) is 0 Å². The Bertz CT molecular complexity index is 1170. The number of piperidine rings is 1. The van der Waals surface area contributed by atoms with Gasteiger partial charge >= 0.3 is 12.5 Å². The molecule has 0 aliphatic carbocycles. The van der Waals surface area contributed by atoms with Gasteiger partial charge in [0, 0.05) is 24.9 Å². The van der Waals surface area contributed by atoms with E-state index < -0.39 is 12.0 Å². The van der Waals surface area contributed by atoms with Crippen molar-refractivity contribution < 1.29 is 32.2 Å². The molecule has 1 fully saturated rings. The number of carbonyl (C=O) groups is 1. The Kier molecular flexibility index (Phi) is 8.85. The molecule has 4 rings (SSSR count). The Balaban J connectivity index is 1.62. The van der Waals surface area contributed by atoms with Gasteiger partial charge in [-0.15, -0.1) is 13.2 Å². The van der Waals surface area contributed by atoms with Gasteiger partial charge in [-0.1, -0.05) is 72.8 Å². The molecule has 0 radical (unpaired) electrons. The third-order valence-electron chi connectivity index (χ3n) is 6.59. The molecule has 0 bridgehead atoms. The van der Waals surface area contributed by atoms with Gasteiger partial charge < -0.3 is 19.1 Å². The number of carbonyl (C=O) groups excluding carboxylic acids is 1. The first-order valence-corrected chi connectivity index (χ1v) is 13.0. The maximum Gasteiger partial charge on any atom is 0.573 e. The molecule has 2 atom stereocenters. The fraction of sp³-hybridized carbons (Fsp3) is 0.387. The van der Waals surface area contributed by atoms with E-state index in [4.69, 9.17) is 9.47 Å². The number of hydrogen-bond donors (Lipinski definition) is 0. The second kappa shape index (κ2) is 12.1. The van der Waals surface area contributed by atoms with Crippen molar-refractivity contribution in [1.82, 2.24) is 4.90 Å². The highest BCUT2D eigenvalue weighted by Crippen LogP contribution is 2.39. The number of benzene rings is 3. The maximum absolute atomic E-state index is 13.0. The molecule has 0 saturated carbocycles. The summed E-state index contributed by atoms with van der Waals surface area (Å²) in [5.74, 6) is -0.500. The van der Waals surface area contributed by atoms with Gasteiger partial charge in [0.25, 0.3) is 0 Å².